The van der Waals surface area contributed by atoms with Crippen molar-refractivity contribution in [2.75, 3.05) is 20.3 Å². The molecule has 12 nitrogen and oxygen atoms in total. The molecule has 282 valence electrons. The average Bonchev–Trinajstić information content (AvgIpc) is 3.41. The topological polar surface area (TPSA) is 156 Å². The number of hydrogen-bond acceptors (Lipinski definition) is 8. The van der Waals surface area contributed by atoms with Gasteiger partial charge in [0.05, 0.1) is 24.9 Å². The molecular weight excluding hydrogens is 695 g/mol. The highest BCUT2D eigenvalue weighted by atomic mass is 31.2. The van der Waals surface area contributed by atoms with Crippen molar-refractivity contribution in [2.45, 2.75) is 100 Å². The van der Waals surface area contributed by atoms with E-state index in [1.165, 1.54) is 11.6 Å². The molecule has 3 fully saturated rings. The molecule has 3 amide bonds. The van der Waals surface area contributed by atoms with Gasteiger partial charge in [0.2, 0.25) is 19.2 Å². The van der Waals surface area contributed by atoms with Gasteiger partial charge < -0.3 is 34.6 Å². The van der Waals surface area contributed by atoms with Crippen LogP contribution in [0.3, 0.4) is 0 Å². The summed E-state index contributed by atoms with van der Waals surface area (Å²) in [6, 6.07) is 15.2. The van der Waals surface area contributed by atoms with E-state index in [2.05, 4.69) is 10.6 Å². The minimum Gasteiger partial charge on any atom is -0.497 e. The first kappa shape index (κ1) is 36.9. The summed E-state index contributed by atoms with van der Waals surface area (Å²) in [6.45, 7) is 1.34. The lowest BCUT2D eigenvalue weighted by Crippen LogP contribution is -2.55. The van der Waals surface area contributed by atoms with Gasteiger partial charge in [-0.15, -0.1) is 0 Å². The molecule has 2 aliphatic carbocycles. The molecule has 2 saturated carbocycles. The largest absolute Gasteiger partial charge is 0.497 e. The maximum Gasteiger partial charge on any atom is 0.408 e. The third-order valence-corrected chi connectivity index (χ3v) is 13.3. The molecule has 3 heterocycles. The summed E-state index contributed by atoms with van der Waals surface area (Å²) in [4.78, 5) is 59.2. The summed E-state index contributed by atoms with van der Waals surface area (Å²) in [7, 11) is -2.20. The van der Waals surface area contributed by atoms with Crippen molar-refractivity contribution in [3.05, 3.63) is 66.7 Å². The number of allylic oxidation sites excluding steroid dienone is 1. The zero-order valence-corrected chi connectivity index (χ0v) is 31.3. The molecule has 2 aliphatic heterocycles. The fraction of sp³-hybridized carbons (Fsp3) is 0.500. The van der Waals surface area contributed by atoms with E-state index in [1.54, 1.807) is 7.11 Å². The Morgan fingerprint density at radius 2 is 1.79 bits per heavy atom. The predicted octanol–water partition coefficient (Wildman–Crippen LogP) is 6.55. The first-order chi connectivity index (χ1) is 25.5. The van der Waals surface area contributed by atoms with E-state index in [4.69, 9.17) is 19.2 Å². The molecule has 7 rings (SSSR count). The summed E-state index contributed by atoms with van der Waals surface area (Å²) in [5, 5.41) is 5.22. The van der Waals surface area contributed by atoms with Crippen LogP contribution in [-0.4, -0.2) is 82.6 Å². The number of alkyl carbamates (subject to hydrolysis) is 1. The Labute approximate surface area is 310 Å². The minimum absolute atomic E-state index is 0.0622. The molecule has 0 spiro atoms. The van der Waals surface area contributed by atoms with Crippen LogP contribution in [0.4, 0.5) is 4.79 Å². The van der Waals surface area contributed by atoms with Gasteiger partial charge in [-0.25, -0.2) is 9.78 Å². The highest BCUT2D eigenvalue weighted by molar-refractivity contribution is 7.59. The van der Waals surface area contributed by atoms with Gasteiger partial charge in [-0.2, -0.15) is 0 Å². The number of hydrogen-bond donors (Lipinski definition) is 3. The van der Waals surface area contributed by atoms with Crippen LogP contribution in [0.2, 0.25) is 0 Å². The SMILES string of the molecule is COc1ccc2c(O[C@@H]3C[C@H]4C(=O)N[C@]5(P(C)(=O)O)CC5/C=C\CCCCC[C@H](NC(=O)OC5CCCC5)C(=O)N4C3)cc(-c3ccccc3)nc2c1. The normalized spacial score (nSPS) is 28.4. The third kappa shape index (κ3) is 8.09. The summed E-state index contributed by atoms with van der Waals surface area (Å²) < 4.78 is 31.2. The van der Waals surface area contributed by atoms with Crippen LogP contribution in [0.25, 0.3) is 22.2 Å². The third-order valence-electron chi connectivity index (χ3n) is 11.2. The fourth-order valence-corrected chi connectivity index (χ4v) is 9.63. The van der Waals surface area contributed by atoms with Crippen LogP contribution in [0, 0.1) is 5.92 Å². The number of carbonyl (C=O) groups excluding carboxylic acids is 3. The Bertz CT molecular complexity index is 1910. The van der Waals surface area contributed by atoms with Gasteiger partial charge in [-0.05, 0) is 63.5 Å². The van der Waals surface area contributed by atoms with E-state index in [9.17, 15) is 23.8 Å². The average molecular weight is 745 g/mol. The van der Waals surface area contributed by atoms with Crippen molar-refractivity contribution in [1.29, 1.82) is 0 Å². The molecule has 2 aromatic carbocycles. The van der Waals surface area contributed by atoms with E-state index >= 15 is 0 Å². The summed E-state index contributed by atoms with van der Waals surface area (Å²) >= 11 is 0. The maximum atomic E-state index is 14.6. The van der Waals surface area contributed by atoms with E-state index < -0.39 is 48.7 Å². The molecule has 1 aromatic heterocycles. The van der Waals surface area contributed by atoms with Crippen LogP contribution in [-0.2, 0) is 18.9 Å². The van der Waals surface area contributed by atoms with Crippen LogP contribution in [0.1, 0.15) is 70.6 Å². The van der Waals surface area contributed by atoms with Crippen LogP contribution in [0.15, 0.2) is 66.7 Å². The second-order valence-electron chi connectivity index (χ2n) is 14.9. The van der Waals surface area contributed by atoms with Gasteiger partial charge in [-0.3, -0.25) is 14.2 Å². The summed E-state index contributed by atoms with van der Waals surface area (Å²) in [5.41, 5.74) is 2.23. The highest BCUT2D eigenvalue weighted by Gasteiger charge is 2.64. The van der Waals surface area contributed by atoms with Gasteiger partial charge in [0.15, 0.2) is 0 Å². The summed E-state index contributed by atoms with van der Waals surface area (Å²) in [5.74, 6) is -0.0464. The first-order valence-electron chi connectivity index (χ1n) is 18.8. The molecule has 0 bridgehead atoms. The molecule has 1 saturated heterocycles. The van der Waals surface area contributed by atoms with E-state index in [0.717, 1.165) is 55.9 Å². The number of fused-ring (bicyclic) bond motifs is 3. The van der Waals surface area contributed by atoms with Crippen molar-refractivity contribution < 1.29 is 38.1 Å². The summed E-state index contributed by atoms with van der Waals surface area (Å²) in [6.07, 6.45) is 10.1. The van der Waals surface area contributed by atoms with Gasteiger partial charge >= 0.3 is 6.09 Å². The molecule has 2 unspecified atom stereocenters. The quantitative estimate of drug-likeness (QED) is 0.180. The smallest absolute Gasteiger partial charge is 0.408 e. The fourth-order valence-electron chi connectivity index (χ4n) is 8.08. The number of benzene rings is 2. The van der Waals surface area contributed by atoms with Crippen LogP contribution >= 0.6 is 7.37 Å². The number of amides is 3. The van der Waals surface area contributed by atoms with Gasteiger partial charge in [-0.1, -0.05) is 55.3 Å². The standard InChI is InChI=1S/C40H49N4O8P/c1-50-29-19-20-31-34(21-29)41-33(26-13-7-6-8-14-26)23-36(31)51-30-22-35-37(45)43-40(53(2,48)49)24-27(40)15-9-4-3-5-10-18-32(38(46)44(35)25-30)42-39(47)52-28-16-11-12-17-28/h6-9,13-15,19-21,23,27-28,30,32,35H,3-5,10-12,16-18,22,24-25H2,1-2H3,(H,42,47)(H,43,45)(H,48,49)/b15-9-/t27?,30-,32+,35+,40+/m1/s1. The Morgan fingerprint density at radius 1 is 1.02 bits per heavy atom. The number of rotatable bonds is 7. The number of nitrogens with zero attached hydrogens (tertiary/aromatic N) is 2. The lowest BCUT2D eigenvalue weighted by Gasteiger charge is -2.30. The van der Waals surface area contributed by atoms with Crippen molar-refractivity contribution in [3.8, 4) is 22.8 Å². The lowest BCUT2D eigenvalue weighted by atomic mass is 10.0. The molecule has 3 N–H and O–H groups in total. The predicted molar refractivity (Wildman–Crippen MR) is 201 cm³/mol. The molecule has 13 heteroatoms. The number of methoxy groups -OCH3 is 1. The van der Waals surface area contributed by atoms with E-state index in [1.807, 2.05) is 66.7 Å². The van der Waals surface area contributed by atoms with Crippen molar-refractivity contribution >= 4 is 36.2 Å². The Morgan fingerprint density at radius 3 is 2.55 bits per heavy atom. The molecule has 53 heavy (non-hydrogen) atoms. The molecular formula is C40H49N4O8P. The zero-order chi connectivity index (χ0) is 37.2. The molecule has 6 atom stereocenters. The van der Waals surface area contributed by atoms with Crippen molar-refractivity contribution in [2.24, 2.45) is 5.92 Å². The van der Waals surface area contributed by atoms with Gasteiger partial charge in [0.1, 0.15) is 41.1 Å². The number of ether oxygens (including phenoxy) is 3. The highest BCUT2D eigenvalue weighted by Crippen LogP contribution is 2.67. The number of aromatic nitrogens is 1. The van der Waals surface area contributed by atoms with E-state index in [-0.39, 0.29) is 25.0 Å². The lowest BCUT2D eigenvalue weighted by molar-refractivity contribution is -0.140. The zero-order valence-electron chi connectivity index (χ0n) is 30.4. The Kier molecular flexibility index (Phi) is 10.8. The monoisotopic (exact) mass is 744 g/mol. The van der Waals surface area contributed by atoms with E-state index in [0.29, 0.717) is 42.0 Å². The van der Waals surface area contributed by atoms with Gasteiger partial charge in [0, 0.05) is 42.1 Å². The number of carbonyl (C=O) groups is 3. The van der Waals surface area contributed by atoms with Gasteiger partial charge in [0.25, 0.3) is 0 Å². The Hall–Kier alpha value is -4.41. The second kappa shape index (κ2) is 15.5. The second-order valence-corrected chi connectivity index (χ2v) is 17.5. The number of pyridine rings is 1. The van der Waals surface area contributed by atoms with Crippen LogP contribution < -0.4 is 20.1 Å². The molecule has 0 radical (unpaired) electrons. The number of nitrogens with one attached hydrogen (secondary N) is 2. The Balaban J connectivity index is 1.21. The molecule has 4 aliphatic rings. The minimum atomic E-state index is -3.80. The van der Waals surface area contributed by atoms with Crippen molar-refractivity contribution in [3.63, 3.8) is 0 Å². The maximum absolute atomic E-state index is 14.6. The first-order valence-corrected chi connectivity index (χ1v) is 20.9. The van der Waals surface area contributed by atoms with Crippen LogP contribution in [0.5, 0.6) is 11.5 Å². The van der Waals surface area contributed by atoms with Crippen molar-refractivity contribution in [1.82, 2.24) is 20.5 Å². The molecule has 3 aromatic rings.